The van der Waals surface area contributed by atoms with Crippen molar-refractivity contribution >= 4 is 34.9 Å². The van der Waals surface area contributed by atoms with E-state index in [2.05, 4.69) is 5.32 Å². The third kappa shape index (κ3) is 5.19. The first-order valence-corrected chi connectivity index (χ1v) is 7.95. The van der Waals surface area contributed by atoms with Crippen LogP contribution in [-0.2, 0) is 15.7 Å². The maximum atomic E-state index is 12.7. The fourth-order valence-corrected chi connectivity index (χ4v) is 2.35. The van der Waals surface area contributed by atoms with Crippen molar-refractivity contribution in [2.45, 2.75) is 13.1 Å². The lowest BCUT2D eigenvalue weighted by atomic mass is 10.1. The van der Waals surface area contributed by atoms with Crippen LogP contribution in [0.15, 0.2) is 36.4 Å². The minimum Gasteiger partial charge on any atom is -0.452 e. The van der Waals surface area contributed by atoms with Crippen molar-refractivity contribution in [2.24, 2.45) is 0 Å². The highest BCUT2D eigenvalue weighted by Gasteiger charge is 2.31. The Labute approximate surface area is 161 Å². The number of aryl methyl sites for hydroxylation is 1. The van der Waals surface area contributed by atoms with E-state index in [0.717, 1.165) is 24.3 Å². The molecule has 7 nitrogen and oxygen atoms in total. The van der Waals surface area contributed by atoms with Crippen LogP contribution < -0.4 is 5.32 Å². The average Bonchev–Trinajstić information content (AvgIpc) is 2.60. The zero-order chi connectivity index (χ0) is 21.1. The van der Waals surface area contributed by atoms with E-state index in [1.54, 1.807) is 0 Å². The van der Waals surface area contributed by atoms with Crippen LogP contribution in [0.3, 0.4) is 0 Å². The fraction of sp³-hybridized carbons (Fsp3) is 0.176. The summed E-state index contributed by atoms with van der Waals surface area (Å²) in [5.74, 6) is -1.84. The van der Waals surface area contributed by atoms with Crippen LogP contribution in [0.1, 0.15) is 21.5 Å². The van der Waals surface area contributed by atoms with Crippen molar-refractivity contribution in [1.29, 1.82) is 0 Å². The number of carbonyl (C=O) groups excluding carboxylic acids is 2. The van der Waals surface area contributed by atoms with E-state index in [4.69, 9.17) is 16.3 Å². The monoisotopic (exact) mass is 416 g/mol. The quantitative estimate of drug-likeness (QED) is 0.443. The van der Waals surface area contributed by atoms with Gasteiger partial charge in [0.2, 0.25) is 0 Å². The first-order chi connectivity index (χ1) is 13.0. The molecule has 0 radical (unpaired) electrons. The summed E-state index contributed by atoms with van der Waals surface area (Å²) in [6.07, 6.45) is -4.62. The topological polar surface area (TPSA) is 98.5 Å². The molecule has 0 unspecified atom stereocenters. The molecule has 0 fully saturated rings. The number of carbonyl (C=O) groups is 2. The SMILES string of the molecule is Cc1cc(C(=O)OCC(=O)Nc2cc(C(F)(F)F)ccc2Cl)ccc1[N+](=O)[O-]. The molecule has 2 aromatic rings. The van der Waals surface area contributed by atoms with E-state index in [0.29, 0.717) is 6.07 Å². The first-order valence-electron chi connectivity index (χ1n) is 7.58. The summed E-state index contributed by atoms with van der Waals surface area (Å²) in [5, 5.41) is 12.8. The number of nitrogens with one attached hydrogen (secondary N) is 1. The Bertz CT molecular complexity index is 947. The summed E-state index contributed by atoms with van der Waals surface area (Å²) >= 11 is 5.76. The highest BCUT2D eigenvalue weighted by molar-refractivity contribution is 6.33. The highest BCUT2D eigenvalue weighted by Crippen LogP contribution is 2.33. The number of hydrogen-bond donors (Lipinski definition) is 1. The van der Waals surface area contributed by atoms with Gasteiger partial charge in [0, 0.05) is 11.6 Å². The second-order valence-electron chi connectivity index (χ2n) is 5.58. The summed E-state index contributed by atoms with van der Waals surface area (Å²) in [7, 11) is 0. The van der Waals surface area contributed by atoms with Crippen molar-refractivity contribution < 1.29 is 32.4 Å². The number of anilines is 1. The summed E-state index contributed by atoms with van der Waals surface area (Å²) in [5.41, 5.74) is -1.28. The van der Waals surface area contributed by atoms with Gasteiger partial charge in [-0.05, 0) is 37.3 Å². The van der Waals surface area contributed by atoms with Gasteiger partial charge in [0.1, 0.15) is 0 Å². The molecule has 0 aromatic heterocycles. The maximum Gasteiger partial charge on any atom is 0.416 e. The van der Waals surface area contributed by atoms with Gasteiger partial charge in [-0.15, -0.1) is 0 Å². The Morgan fingerprint density at radius 1 is 1.21 bits per heavy atom. The molecule has 11 heteroatoms. The molecule has 1 N–H and O–H groups in total. The molecule has 2 aromatic carbocycles. The Morgan fingerprint density at radius 3 is 2.46 bits per heavy atom. The lowest BCUT2D eigenvalue weighted by Gasteiger charge is -2.12. The van der Waals surface area contributed by atoms with Crippen LogP contribution in [0.4, 0.5) is 24.5 Å². The lowest BCUT2D eigenvalue weighted by Crippen LogP contribution is -2.21. The Morgan fingerprint density at radius 2 is 1.89 bits per heavy atom. The number of nitro benzene ring substituents is 1. The van der Waals surface area contributed by atoms with Gasteiger partial charge >= 0.3 is 12.1 Å². The predicted octanol–water partition coefficient (Wildman–Crippen LogP) is 4.37. The molecule has 0 saturated heterocycles. The van der Waals surface area contributed by atoms with Crippen LogP contribution in [0, 0.1) is 17.0 Å². The van der Waals surface area contributed by atoms with E-state index >= 15 is 0 Å². The number of nitro groups is 1. The van der Waals surface area contributed by atoms with Gasteiger partial charge in [-0.1, -0.05) is 11.6 Å². The van der Waals surface area contributed by atoms with Crippen molar-refractivity contribution in [3.63, 3.8) is 0 Å². The fourth-order valence-electron chi connectivity index (χ4n) is 2.19. The zero-order valence-electron chi connectivity index (χ0n) is 14.2. The van der Waals surface area contributed by atoms with Gasteiger partial charge in [-0.2, -0.15) is 13.2 Å². The molecule has 0 aliphatic heterocycles. The molecule has 0 aliphatic rings. The number of esters is 1. The highest BCUT2D eigenvalue weighted by atomic mass is 35.5. The van der Waals surface area contributed by atoms with E-state index in [9.17, 15) is 32.9 Å². The van der Waals surface area contributed by atoms with Crippen LogP contribution in [0.25, 0.3) is 0 Å². The minimum absolute atomic E-state index is 0.0204. The predicted molar refractivity (Wildman–Crippen MR) is 93.2 cm³/mol. The molecular formula is C17H12ClF3N2O5. The van der Waals surface area contributed by atoms with Crippen LogP contribution in [0.2, 0.25) is 5.02 Å². The number of ether oxygens (including phenoxy) is 1. The van der Waals surface area contributed by atoms with E-state index in [-0.39, 0.29) is 27.5 Å². The molecular weight excluding hydrogens is 405 g/mol. The van der Waals surface area contributed by atoms with E-state index < -0.39 is 35.1 Å². The number of nitrogens with zero attached hydrogens (tertiary/aromatic N) is 1. The molecule has 0 aliphatic carbocycles. The van der Waals surface area contributed by atoms with Gasteiger partial charge in [0.15, 0.2) is 6.61 Å². The molecule has 0 bridgehead atoms. The molecule has 0 heterocycles. The zero-order valence-corrected chi connectivity index (χ0v) is 14.9. The molecule has 148 valence electrons. The summed E-state index contributed by atoms with van der Waals surface area (Å²) in [6, 6.07) is 5.90. The van der Waals surface area contributed by atoms with Gasteiger partial charge in [-0.25, -0.2) is 4.79 Å². The van der Waals surface area contributed by atoms with E-state index in [1.165, 1.54) is 13.0 Å². The first kappa shape index (κ1) is 21.2. The number of halogens is 4. The molecule has 1 amide bonds. The van der Waals surface area contributed by atoms with E-state index in [1.807, 2.05) is 0 Å². The number of alkyl halides is 3. The van der Waals surface area contributed by atoms with Crippen molar-refractivity contribution in [3.8, 4) is 0 Å². The largest absolute Gasteiger partial charge is 0.452 e. The van der Waals surface area contributed by atoms with Crippen molar-refractivity contribution in [3.05, 3.63) is 68.2 Å². The number of benzene rings is 2. The smallest absolute Gasteiger partial charge is 0.416 e. The minimum atomic E-state index is -4.62. The average molecular weight is 417 g/mol. The maximum absolute atomic E-state index is 12.7. The van der Waals surface area contributed by atoms with Crippen molar-refractivity contribution in [2.75, 3.05) is 11.9 Å². The standard InChI is InChI=1S/C17H12ClF3N2O5/c1-9-6-10(2-5-14(9)23(26)27)16(25)28-8-15(24)22-13-7-11(17(19,20)21)3-4-12(13)18/h2-7H,8H2,1H3,(H,22,24). The molecule has 0 spiro atoms. The van der Waals surface area contributed by atoms with Crippen molar-refractivity contribution in [1.82, 2.24) is 0 Å². The number of rotatable bonds is 5. The Balaban J connectivity index is 2.02. The van der Waals surface area contributed by atoms with Crippen LogP contribution >= 0.6 is 11.6 Å². The van der Waals surface area contributed by atoms with Gasteiger partial charge in [0.05, 0.1) is 26.8 Å². The van der Waals surface area contributed by atoms with Gasteiger partial charge < -0.3 is 10.1 Å². The molecule has 2 rings (SSSR count). The second-order valence-corrected chi connectivity index (χ2v) is 5.98. The molecule has 0 saturated carbocycles. The Hall–Kier alpha value is -3.14. The molecule has 0 atom stereocenters. The third-order valence-corrected chi connectivity index (χ3v) is 3.86. The van der Waals surface area contributed by atoms with Crippen LogP contribution in [-0.4, -0.2) is 23.4 Å². The number of hydrogen-bond acceptors (Lipinski definition) is 5. The summed E-state index contributed by atoms with van der Waals surface area (Å²) in [6.45, 7) is 0.638. The second kappa shape index (κ2) is 8.26. The summed E-state index contributed by atoms with van der Waals surface area (Å²) in [4.78, 5) is 33.9. The normalized spacial score (nSPS) is 11.0. The van der Waals surface area contributed by atoms with Gasteiger partial charge in [0.25, 0.3) is 11.6 Å². The summed E-state index contributed by atoms with van der Waals surface area (Å²) < 4.78 is 42.9. The lowest BCUT2D eigenvalue weighted by molar-refractivity contribution is -0.385. The molecule has 28 heavy (non-hydrogen) atoms. The third-order valence-electron chi connectivity index (χ3n) is 3.53. The van der Waals surface area contributed by atoms with Gasteiger partial charge in [-0.3, -0.25) is 14.9 Å². The number of amides is 1. The Kier molecular flexibility index (Phi) is 6.24. The van der Waals surface area contributed by atoms with Crippen LogP contribution in [0.5, 0.6) is 0 Å².